The summed E-state index contributed by atoms with van der Waals surface area (Å²) in [5.74, 6) is 0.0668. The molecule has 3 rings (SSSR count). The lowest BCUT2D eigenvalue weighted by Crippen LogP contribution is -2.51. The zero-order chi connectivity index (χ0) is 19.6. The molecule has 0 aromatic heterocycles. The molecule has 1 aliphatic rings. The lowest BCUT2D eigenvalue weighted by Gasteiger charge is -2.43. The Morgan fingerprint density at radius 3 is 2.37 bits per heavy atom. The van der Waals surface area contributed by atoms with Gasteiger partial charge in [0.2, 0.25) is 0 Å². The number of anilines is 1. The Kier molecular flexibility index (Phi) is 5.56. The van der Waals surface area contributed by atoms with Crippen molar-refractivity contribution in [2.24, 2.45) is 5.41 Å². The predicted molar refractivity (Wildman–Crippen MR) is 110 cm³/mol. The number of hydrogen-bond acceptors (Lipinski definition) is 3. The summed E-state index contributed by atoms with van der Waals surface area (Å²) in [5.41, 5.74) is 2.83. The first-order chi connectivity index (χ1) is 12.8. The predicted octanol–water partition coefficient (Wildman–Crippen LogP) is 4.38. The van der Waals surface area contributed by atoms with Gasteiger partial charge in [-0.3, -0.25) is 4.79 Å². The molecule has 4 nitrogen and oxygen atoms in total. The van der Waals surface area contributed by atoms with Crippen LogP contribution in [0.5, 0.6) is 0 Å². The van der Waals surface area contributed by atoms with Gasteiger partial charge < -0.3 is 14.5 Å². The van der Waals surface area contributed by atoms with Crippen molar-refractivity contribution in [1.82, 2.24) is 4.90 Å². The van der Waals surface area contributed by atoms with Gasteiger partial charge in [0.1, 0.15) is 6.10 Å². The van der Waals surface area contributed by atoms with Gasteiger partial charge in [-0.05, 0) is 29.2 Å². The van der Waals surface area contributed by atoms with Gasteiger partial charge in [0.15, 0.2) is 0 Å². The van der Waals surface area contributed by atoms with Crippen LogP contribution in [0.3, 0.4) is 0 Å². The number of rotatable bonds is 3. The molecule has 1 saturated heterocycles. The van der Waals surface area contributed by atoms with Crippen LogP contribution < -0.4 is 4.90 Å². The minimum atomic E-state index is -0.106. The van der Waals surface area contributed by atoms with Crippen molar-refractivity contribution >= 4 is 11.6 Å². The summed E-state index contributed by atoms with van der Waals surface area (Å²) in [6.07, 6.45) is -0.123. The molecule has 1 heterocycles. The van der Waals surface area contributed by atoms with Crippen molar-refractivity contribution in [3.63, 3.8) is 0 Å². The zero-order valence-corrected chi connectivity index (χ0v) is 17.0. The standard InChI is InChI=1S/C23H30N2O2/c1-23(2,3)21-16-25(15-20(27-21)17-10-7-6-8-11-17)22(26)18-12-9-13-19(14-18)24(4)5/h6-14,20-21H,15-16H2,1-5H3/t20-,21+/m0/s1. The van der Waals surface area contributed by atoms with E-state index in [1.165, 1.54) is 0 Å². The molecular weight excluding hydrogens is 336 g/mol. The smallest absolute Gasteiger partial charge is 0.254 e. The molecule has 1 aliphatic heterocycles. The second kappa shape index (κ2) is 7.73. The highest BCUT2D eigenvalue weighted by Crippen LogP contribution is 2.34. The maximum absolute atomic E-state index is 13.3. The number of carbonyl (C=O) groups is 1. The Balaban J connectivity index is 1.88. The number of amides is 1. The molecule has 0 N–H and O–H groups in total. The molecule has 4 heteroatoms. The summed E-state index contributed by atoms with van der Waals surface area (Å²) in [5, 5.41) is 0. The first kappa shape index (κ1) is 19.4. The van der Waals surface area contributed by atoms with Crippen molar-refractivity contribution in [2.75, 3.05) is 32.1 Å². The molecule has 0 spiro atoms. The maximum Gasteiger partial charge on any atom is 0.254 e. The van der Waals surface area contributed by atoms with Crippen molar-refractivity contribution in [3.05, 3.63) is 65.7 Å². The van der Waals surface area contributed by atoms with Crippen LogP contribution in [0, 0.1) is 5.41 Å². The molecule has 2 atom stereocenters. The Labute approximate surface area is 162 Å². The van der Waals surface area contributed by atoms with E-state index in [4.69, 9.17) is 4.74 Å². The Bertz CT molecular complexity index is 780. The van der Waals surface area contributed by atoms with Crippen LogP contribution >= 0.6 is 0 Å². The molecule has 1 amide bonds. The molecular formula is C23H30N2O2. The van der Waals surface area contributed by atoms with Gasteiger partial charge in [-0.15, -0.1) is 0 Å². The highest BCUT2D eigenvalue weighted by molar-refractivity contribution is 5.95. The first-order valence-electron chi connectivity index (χ1n) is 9.53. The van der Waals surface area contributed by atoms with Gasteiger partial charge in [-0.25, -0.2) is 0 Å². The van der Waals surface area contributed by atoms with E-state index in [-0.39, 0.29) is 23.5 Å². The number of benzene rings is 2. The van der Waals surface area contributed by atoms with Crippen LogP contribution in [0.15, 0.2) is 54.6 Å². The number of nitrogens with zero attached hydrogens (tertiary/aromatic N) is 2. The van der Waals surface area contributed by atoms with Gasteiger partial charge in [0.25, 0.3) is 5.91 Å². The van der Waals surface area contributed by atoms with Crippen molar-refractivity contribution < 1.29 is 9.53 Å². The topological polar surface area (TPSA) is 32.8 Å². The third kappa shape index (κ3) is 4.51. The van der Waals surface area contributed by atoms with Crippen molar-refractivity contribution in [2.45, 2.75) is 33.0 Å². The van der Waals surface area contributed by atoms with E-state index in [0.717, 1.165) is 16.8 Å². The molecule has 2 aromatic rings. The second-order valence-corrected chi connectivity index (χ2v) is 8.54. The molecule has 0 bridgehead atoms. The van der Waals surface area contributed by atoms with E-state index < -0.39 is 0 Å². The third-order valence-corrected chi connectivity index (χ3v) is 5.13. The molecule has 27 heavy (non-hydrogen) atoms. The van der Waals surface area contributed by atoms with Crippen LogP contribution in [-0.2, 0) is 4.74 Å². The zero-order valence-electron chi connectivity index (χ0n) is 17.0. The van der Waals surface area contributed by atoms with E-state index in [1.807, 2.05) is 66.4 Å². The highest BCUT2D eigenvalue weighted by Gasteiger charge is 2.37. The van der Waals surface area contributed by atoms with Crippen LogP contribution in [0.2, 0.25) is 0 Å². The molecule has 0 aliphatic carbocycles. The number of ether oxygens (including phenoxy) is 1. The van der Waals surface area contributed by atoms with E-state index in [1.54, 1.807) is 0 Å². The Hall–Kier alpha value is -2.33. The quantitative estimate of drug-likeness (QED) is 0.808. The molecule has 144 valence electrons. The normalized spacial score (nSPS) is 20.4. The fraction of sp³-hybridized carbons (Fsp3) is 0.435. The summed E-state index contributed by atoms with van der Waals surface area (Å²) < 4.78 is 6.41. The van der Waals surface area contributed by atoms with Crippen LogP contribution in [0.25, 0.3) is 0 Å². The van der Waals surface area contributed by atoms with Gasteiger partial charge in [-0.2, -0.15) is 0 Å². The van der Waals surface area contributed by atoms with E-state index in [9.17, 15) is 4.79 Å². The Morgan fingerprint density at radius 1 is 1.04 bits per heavy atom. The minimum absolute atomic E-state index is 0.0163. The molecule has 0 radical (unpaired) electrons. The highest BCUT2D eigenvalue weighted by atomic mass is 16.5. The average molecular weight is 367 g/mol. The summed E-state index contributed by atoms with van der Waals surface area (Å²) in [7, 11) is 3.97. The average Bonchev–Trinajstić information content (AvgIpc) is 2.67. The first-order valence-corrected chi connectivity index (χ1v) is 9.53. The van der Waals surface area contributed by atoms with Gasteiger partial charge in [-0.1, -0.05) is 57.2 Å². The summed E-state index contributed by atoms with van der Waals surface area (Å²) in [6.45, 7) is 7.68. The molecule has 1 fully saturated rings. The lowest BCUT2D eigenvalue weighted by atomic mass is 9.87. The largest absolute Gasteiger partial charge is 0.378 e. The summed E-state index contributed by atoms with van der Waals surface area (Å²) >= 11 is 0. The second-order valence-electron chi connectivity index (χ2n) is 8.54. The molecule has 0 unspecified atom stereocenters. The fourth-order valence-corrected chi connectivity index (χ4v) is 3.35. The number of morpholine rings is 1. The Morgan fingerprint density at radius 2 is 1.74 bits per heavy atom. The van der Waals surface area contributed by atoms with Crippen LogP contribution in [0.4, 0.5) is 5.69 Å². The van der Waals surface area contributed by atoms with E-state index in [2.05, 4.69) is 32.9 Å². The van der Waals surface area contributed by atoms with Gasteiger partial charge >= 0.3 is 0 Å². The van der Waals surface area contributed by atoms with E-state index >= 15 is 0 Å². The van der Waals surface area contributed by atoms with Crippen molar-refractivity contribution in [1.29, 1.82) is 0 Å². The third-order valence-electron chi connectivity index (χ3n) is 5.13. The van der Waals surface area contributed by atoms with E-state index in [0.29, 0.717) is 13.1 Å². The lowest BCUT2D eigenvalue weighted by molar-refractivity contribution is -0.119. The van der Waals surface area contributed by atoms with Crippen LogP contribution in [-0.4, -0.2) is 44.1 Å². The fourth-order valence-electron chi connectivity index (χ4n) is 3.35. The summed E-state index contributed by atoms with van der Waals surface area (Å²) in [6, 6.07) is 18.0. The van der Waals surface area contributed by atoms with Crippen molar-refractivity contribution in [3.8, 4) is 0 Å². The van der Waals surface area contributed by atoms with Gasteiger partial charge in [0.05, 0.1) is 12.6 Å². The summed E-state index contributed by atoms with van der Waals surface area (Å²) in [4.78, 5) is 17.2. The number of hydrogen-bond donors (Lipinski definition) is 0. The van der Waals surface area contributed by atoms with Crippen LogP contribution in [0.1, 0.15) is 42.8 Å². The minimum Gasteiger partial charge on any atom is -0.378 e. The number of carbonyl (C=O) groups excluding carboxylic acids is 1. The SMILES string of the molecule is CN(C)c1cccc(C(=O)N2C[C@@H](c3ccccc3)O[C@@H](C(C)(C)C)C2)c1. The maximum atomic E-state index is 13.3. The molecule has 2 aromatic carbocycles. The van der Waals surface area contributed by atoms with Gasteiger partial charge in [0, 0.05) is 31.9 Å². The monoisotopic (exact) mass is 366 g/mol. The molecule has 0 saturated carbocycles.